The van der Waals surface area contributed by atoms with Crippen LogP contribution < -0.4 is 5.32 Å². The lowest BCUT2D eigenvalue weighted by molar-refractivity contribution is -0.137. The van der Waals surface area contributed by atoms with Gasteiger partial charge in [0, 0.05) is 11.7 Å². The van der Waals surface area contributed by atoms with Gasteiger partial charge in [0.1, 0.15) is 0 Å². The quantitative estimate of drug-likeness (QED) is 0.834. The summed E-state index contributed by atoms with van der Waals surface area (Å²) in [7, 11) is 0. The molecule has 1 atom stereocenters. The minimum absolute atomic E-state index is 0.104. The van der Waals surface area contributed by atoms with Gasteiger partial charge < -0.3 is 5.32 Å². The summed E-state index contributed by atoms with van der Waals surface area (Å²) in [4.78, 5) is 0. The van der Waals surface area contributed by atoms with Crippen molar-refractivity contribution in [2.45, 2.75) is 38.4 Å². The van der Waals surface area contributed by atoms with E-state index in [-0.39, 0.29) is 11.7 Å². The van der Waals surface area contributed by atoms with Gasteiger partial charge in [-0.2, -0.15) is 13.2 Å². The second-order valence-corrected chi connectivity index (χ2v) is 4.67. The fourth-order valence-electron chi connectivity index (χ4n) is 2.16. The standard InChI is InChI=1S/C13H16F3N/c1-9(10-5-4-6-10)17-12-8-3-2-7-11(12)13(14,15)16/h2-3,7-10,17H,4-6H2,1H3. The van der Waals surface area contributed by atoms with Crippen LogP contribution in [0.15, 0.2) is 24.3 Å². The molecule has 1 aromatic carbocycles. The minimum atomic E-state index is -4.29. The van der Waals surface area contributed by atoms with Gasteiger partial charge in [0.15, 0.2) is 0 Å². The van der Waals surface area contributed by atoms with Gasteiger partial charge in [-0.05, 0) is 37.8 Å². The van der Waals surface area contributed by atoms with E-state index < -0.39 is 11.7 Å². The fraction of sp³-hybridized carbons (Fsp3) is 0.538. The lowest BCUT2D eigenvalue weighted by atomic mass is 9.80. The summed E-state index contributed by atoms with van der Waals surface area (Å²) in [5.41, 5.74) is -0.384. The molecule has 0 aromatic heterocycles. The highest BCUT2D eigenvalue weighted by Crippen LogP contribution is 2.37. The zero-order valence-electron chi connectivity index (χ0n) is 9.72. The van der Waals surface area contributed by atoms with Crippen LogP contribution in [-0.4, -0.2) is 6.04 Å². The van der Waals surface area contributed by atoms with E-state index >= 15 is 0 Å². The normalized spacial score (nSPS) is 18.6. The van der Waals surface area contributed by atoms with Crippen LogP contribution in [0.4, 0.5) is 18.9 Å². The summed E-state index contributed by atoms with van der Waals surface area (Å²) in [5.74, 6) is 0.510. The number of nitrogens with one attached hydrogen (secondary N) is 1. The van der Waals surface area contributed by atoms with E-state index in [1.807, 2.05) is 6.92 Å². The molecule has 0 bridgehead atoms. The third kappa shape index (κ3) is 2.73. The molecule has 1 saturated carbocycles. The first-order chi connectivity index (χ1) is 7.98. The van der Waals surface area contributed by atoms with Crippen LogP contribution >= 0.6 is 0 Å². The Morgan fingerprint density at radius 1 is 1.24 bits per heavy atom. The summed E-state index contributed by atoms with van der Waals surface area (Å²) < 4.78 is 38.3. The van der Waals surface area contributed by atoms with E-state index in [1.165, 1.54) is 18.6 Å². The molecule has 0 spiro atoms. The first-order valence-corrected chi connectivity index (χ1v) is 5.91. The maximum Gasteiger partial charge on any atom is 0.418 e. The Balaban J connectivity index is 2.14. The Kier molecular flexibility index (Phi) is 3.31. The Morgan fingerprint density at radius 2 is 1.88 bits per heavy atom. The zero-order valence-corrected chi connectivity index (χ0v) is 9.72. The van der Waals surface area contributed by atoms with Crippen LogP contribution in [-0.2, 0) is 6.18 Å². The average molecular weight is 243 g/mol. The van der Waals surface area contributed by atoms with E-state index in [4.69, 9.17) is 0 Å². The van der Waals surface area contributed by atoms with Crippen LogP contribution in [0, 0.1) is 5.92 Å². The highest BCUT2D eigenvalue weighted by Gasteiger charge is 2.34. The number of benzene rings is 1. The number of para-hydroxylation sites is 1. The van der Waals surface area contributed by atoms with E-state index in [0.717, 1.165) is 18.9 Å². The smallest absolute Gasteiger partial charge is 0.382 e. The van der Waals surface area contributed by atoms with Crippen LogP contribution in [0.3, 0.4) is 0 Å². The molecule has 1 aliphatic rings. The fourth-order valence-corrected chi connectivity index (χ4v) is 2.16. The van der Waals surface area contributed by atoms with Gasteiger partial charge in [-0.3, -0.25) is 0 Å². The topological polar surface area (TPSA) is 12.0 Å². The summed E-state index contributed by atoms with van der Waals surface area (Å²) in [6.07, 6.45) is -0.870. The molecule has 0 amide bonds. The molecule has 0 heterocycles. The number of alkyl halides is 3. The first kappa shape index (κ1) is 12.3. The van der Waals surface area contributed by atoms with Crippen molar-refractivity contribution in [3.63, 3.8) is 0 Å². The number of hydrogen-bond acceptors (Lipinski definition) is 1. The molecule has 0 saturated heterocycles. The summed E-state index contributed by atoms with van der Waals surface area (Å²) in [5, 5.41) is 3.00. The maximum atomic E-state index is 12.8. The lowest BCUT2D eigenvalue weighted by Crippen LogP contribution is -2.31. The molecule has 17 heavy (non-hydrogen) atoms. The molecule has 0 aliphatic heterocycles. The van der Waals surface area contributed by atoms with Crippen molar-refractivity contribution in [1.29, 1.82) is 0 Å². The van der Waals surface area contributed by atoms with Crippen molar-refractivity contribution >= 4 is 5.69 Å². The van der Waals surface area contributed by atoms with Crippen LogP contribution in [0.2, 0.25) is 0 Å². The largest absolute Gasteiger partial charge is 0.418 e. The zero-order chi connectivity index (χ0) is 12.5. The Labute approximate surface area is 99.0 Å². The lowest BCUT2D eigenvalue weighted by Gasteiger charge is -2.33. The Morgan fingerprint density at radius 3 is 2.41 bits per heavy atom. The van der Waals surface area contributed by atoms with Crippen molar-refractivity contribution in [1.82, 2.24) is 0 Å². The number of halogens is 3. The van der Waals surface area contributed by atoms with Gasteiger partial charge in [0.25, 0.3) is 0 Å². The molecule has 1 fully saturated rings. The molecular weight excluding hydrogens is 227 g/mol. The molecular formula is C13H16F3N. The third-order valence-electron chi connectivity index (χ3n) is 3.47. The van der Waals surface area contributed by atoms with Crippen LogP contribution in [0.25, 0.3) is 0 Å². The Bertz CT molecular complexity index is 382. The second kappa shape index (κ2) is 4.59. The van der Waals surface area contributed by atoms with E-state index in [2.05, 4.69) is 5.32 Å². The molecule has 2 rings (SSSR count). The first-order valence-electron chi connectivity index (χ1n) is 5.91. The highest BCUT2D eigenvalue weighted by molar-refractivity contribution is 5.53. The van der Waals surface area contributed by atoms with Crippen LogP contribution in [0.1, 0.15) is 31.7 Å². The molecule has 1 N–H and O–H groups in total. The van der Waals surface area contributed by atoms with Crippen molar-refractivity contribution in [2.24, 2.45) is 5.92 Å². The van der Waals surface area contributed by atoms with E-state index in [9.17, 15) is 13.2 Å². The van der Waals surface area contributed by atoms with Crippen LogP contribution in [0.5, 0.6) is 0 Å². The van der Waals surface area contributed by atoms with Gasteiger partial charge in [-0.25, -0.2) is 0 Å². The average Bonchev–Trinajstić information content (AvgIpc) is 2.13. The molecule has 1 unspecified atom stereocenters. The Hall–Kier alpha value is -1.19. The molecule has 1 aromatic rings. The molecule has 1 aliphatic carbocycles. The monoisotopic (exact) mass is 243 g/mol. The minimum Gasteiger partial charge on any atom is -0.382 e. The van der Waals surface area contributed by atoms with Gasteiger partial charge in [-0.1, -0.05) is 18.6 Å². The van der Waals surface area contributed by atoms with E-state index in [0.29, 0.717) is 5.92 Å². The molecule has 0 radical (unpaired) electrons. The van der Waals surface area contributed by atoms with Crippen molar-refractivity contribution in [3.8, 4) is 0 Å². The van der Waals surface area contributed by atoms with Crippen molar-refractivity contribution in [2.75, 3.05) is 5.32 Å². The number of rotatable bonds is 3. The van der Waals surface area contributed by atoms with Crippen molar-refractivity contribution < 1.29 is 13.2 Å². The van der Waals surface area contributed by atoms with Crippen molar-refractivity contribution in [3.05, 3.63) is 29.8 Å². The predicted octanol–water partition coefficient (Wildman–Crippen LogP) is 4.31. The number of anilines is 1. The summed E-state index contributed by atoms with van der Waals surface area (Å²) in [6.45, 7) is 1.96. The second-order valence-electron chi connectivity index (χ2n) is 4.67. The maximum absolute atomic E-state index is 12.8. The third-order valence-corrected chi connectivity index (χ3v) is 3.47. The molecule has 4 heteroatoms. The van der Waals surface area contributed by atoms with Gasteiger partial charge >= 0.3 is 6.18 Å². The van der Waals surface area contributed by atoms with Gasteiger partial charge in [-0.15, -0.1) is 0 Å². The van der Waals surface area contributed by atoms with Gasteiger partial charge in [0.2, 0.25) is 0 Å². The summed E-state index contributed by atoms with van der Waals surface area (Å²) >= 11 is 0. The molecule has 94 valence electrons. The number of hydrogen-bond donors (Lipinski definition) is 1. The highest BCUT2D eigenvalue weighted by atomic mass is 19.4. The summed E-state index contributed by atoms with van der Waals surface area (Å²) in [6, 6.07) is 5.77. The van der Waals surface area contributed by atoms with E-state index in [1.54, 1.807) is 6.07 Å². The van der Waals surface area contributed by atoms with Gasteiger partial charge in [0.05, 0.1) is 5.56 Å². The SMILES string of the molecule is CC(Nc1ccccc1C(F)(F)F)C1CCC1. The predicted molar refractivity (Wildman–Crippen MR) is 61.9 cm³/mol. The molecule has 1 nitrogen and oxygen atoms in total.